The Kier molecular flexibility index (Phi) is 5.63. The number of carbonyl (C=O) groups excluding carboxylic acids is 3. The Bertz CT molecular complexity index is 752. The van der Waals surface area contributed by atoms with E-state index in [0.29, 0.717) is 32.4 Å². The van der Waals surface area contributed by atoms with E-state index < -0.39 is 11.5 Å². The molecule has 3 rings (SSSR count). The quantitative estimate of drug-likeness (QED) is 0.635. The minimum absolute atomic E-state index is 0.110. The third-order valence-corrected chi connectivity index (χ3v) is 5.56. The molecule has 1 fully saturated rings. The summed E-state index contributed by atoms with van der Waals surface area (Å²) in [4.78, 5) is 39.2. The Morgan fingerprint density at radius 3 is 2.67 bits per heavy atom. The van der Waals surface area contributed by atoms with Gasteiger partial charge in [-0.2, -0.15) is 0 Å². The summed E-state index contributed by atoms with van der Waals surface area (Å²) in [5.41, 5.74) is 0.783. The third-order valence-electron chi connectivity index (χ3n) is 5.56. The number of aryl methyl sites for hydroxylation is 1. The Labute approximate surface area is 159 Å². The maximum Gasteiger partial charge on any atom is 0.336 e. The zero-order valence-corrected chi connectivity index (χ0v) is 15.7. The Hall–Kier alpha value is -2.63. The topological polar surface area (TPSA) is 75.7 Å². The predicted octanol–water partition coefficient (Wildman–Crippen LogP) is 1.93. The average molecular weight is 370 g/mol. The number of likely N-dealkylation sites (tertiary alicyclic amines) is 1. The molecule has 2 aliphatic rings. The highest BCUT2D eigenvalue weighted by Crippen LogP contribution is 2.38. The monoisotopic (exact) mass is 370 g/mol. The first-order valence-electron chi connectivity index (χ1n) is 9.50. The molecule has 27 heavy (non-hydrogen) atoms. The van der Waals surface area contributed by atoms with Crippen molar-refractivity contribution >= 4 is 17.8 Å². The fourth-order valence-electron chi connectivity index (χ4n) is 4.06. The minimum Gasteiger partial charge on any atom is -0.464 e. The second-order valence-corrected chi connectivity index (χ2v) is 7.08. The molecule has 1 N–H and O–H groups in total. The largest absolute Gasteiger partial charge is 0.464 e. The molecule has 0 aromatic heterocycles. The molecule has 6 nitrogen and oxygen atoms in total. The lowest BCUT2D eigenvalue weighted by molar-refractivity contribution is -0.154. The van der Waals surface area contributed by atoms with Gasteiger partial charge in [0.25, 0.3) is 0 Å². The normalized spacial score (nSPS) is 22.0. The van der Waals surface area contributed by atoms with Crippen molar-refractivity contribution in [1.82, 2.24) is 10.2 Å². The number of hydrogen-bond donors (Lipinski definition) is 1. The van der Waals surface area contributed by atoms with Gasteiger partial charge in [0, 0.05) is 19.0 Å². The molecule has 1 aliphatic carbocycles. The van der Waals surface area contributed by atoms with Crippen molar-refractivity contribution in [1.29, 1.82) is 0 Å². The van der Waals surface area contributed by atoms with E-state index >= 15 is 0 Å². The van der Waals surface area contributed by atoms with Gasteiger partial charge in [-0.05, 0) is 49.8 Å². The standard InChI is InChI=1S/C21H26N2O4/c1-3-18(24)23-13-10-16(11-14-23)19(25)22-21(20(26)27-4-2)12-9-15-7-5-6-8-17(15)21/h3,5-8,16H,1,4,9-14H2,2H3,(H,22,25). The van der Waals surface area contributed by atoms with E-state index in [-0.39, 0.29) is 24.3 Å². The summed E-state index contributed by atoms with van der Waals surface area (Å²) in [6, 6.07) is 7.70. The van der Waals surface area contributed by atoms with E-state index in [0.717, 1.165) is 17.5 Å². The summed E-state index contributed by atoms with van der Waals surface area (Å²) < 4.78 is 5.32. The number of esters is 1. The smallest absolute Gasteiger partial charge is 0.336 e. The lowest BCUT2D eigenvalue weighted by Crippen LogP contribution is -2.54. The summed E-state index contributed by atoms with van der Waals surface area (Å²) >= 11 is 0. The van der Waals surface area contributed by atoms with Gasteiger partial charge in [-0.25, -0.2) is 4.79 Å². The summed E-state index contributed by atoms with van der Waals surface area (Å²) in [5, 5.41) is 3.02. The molecule has 0 radical (unpaired) electrons. The van der Waals surface area contributed by atoms with Gasteiger partial charge < -0.3 is 15.0 Å². The number of ether oxygens (including phenoxy) is 1. The molecule has 6 heteroatoms. The predicted molar refractivity (Wildman–Crippen MR) is 101 cm³/mol. The van der Waals surface area contributed by atoms with Crippen molar-refractivity contribution in [2.75, 3.05) is 19.7 Å². The molecule has 2 amide bonds. The second kappa shape index (κ2) is 7.94. The first-order valence-corrected chi connectivity index (χ1v) is 9.50. The van der Waals surface area contributed by atoms with Gasteiger partial charge in [0.15, 0.2) is 5.54 Å². The molecule has 1 aromatic carbocycles. The Morgan fingerprint density at radius 1 is 1.30 bits per heavy atom. The number of nitrogens with zero attached hydrogens (tertiary/aromatic N) is 1. The van der Waals surface area contributed by atoms with Crippen LogP contribution in [-0.4, -0.2) is 42.4 Å². The molecular weight excluding hydrogens is 344 g/mol. The van der Waals surface area contributed by atoms with Crippen molar-refractivity contribution in [2.45, 2.75) is 38.1 Å². The van der Waals surface area contributed by atoms with Gasteiger partial charge in [0.2, 0.25) is 11.8 Å². The van der Waals surface area contributed by atoms with E-state index in [1.54, 1.807) is 11.8 Å². The molecule has 0 bridgehead atoms. The highest BCUT2D eigenvalue weighted by atomic mass is 16.5. The van der Waals surface area contributed by atoms with Gasteiger partial charge in [-0.1, -0.05) is 30.8 Å². The number of carbonyl (C=O) groups is 3. The van der Waals surface area contributed by atoms with Gasteiger partial charge in [0.05, 0.1) is 6.61 Å². The SMILES string of the molecule is C=CC(=O)N1CCC(C(=O)NC2(C(=O)OCC)CCc3ccccc32)CC1. The molecule has 1 atom stereocenters. The summed E-state index contributed by atoms with van der Waals surface area (Å²) in [7, 11) is 0. The van der Waals surface area contributed by atoms with Crippen molar-refractivity contribution in [3.8, 4) is 0 Å². The summed E-state index contributed by atoms with van der Waals surface area (Å²) in [5.74, 6) is -0.882. The molecule has 1 unspecified atom stereocenters. The van der Waals surface area contributed by atoms with Crippen LogP contribution < -0.4 is 5.32 Å². The van der Waals surface area contributed by atoms with Gasteiger partial charge in [-0.15, -0.1) is 0 Å². The van der Waals surface area contributed by atoms with Crippen LogP contribution in [0.25, 0.3) is 0 Å². The van der Waals surface area contributed by atoms with Gasteiger partial charge in [0.1, 0.15) is 0 Å². The third kappa shape index (κ3) is 3.61. The first-order chi connectivity index (χ1) is 13.0. The van der Waals surface area contributed by atoms with E-state index in [4.69, 9.17) is 4.74 Å². The molecule has 1 saturated heterocycles. The van der Waals surface area contributed by atoms with Crippen molar-refractivity contribution in [3.05, 3.63) is 48.0 Å². The van der Waals surface area contributed by atoms with E-state index in [1.165, 1.54) is 6.08 Å². The zero-order valence-electron chi connectivity index (χ0n) is 15.7. The molecule has 1 aromatic rings. The first kappa shape index (κ1) is 19.1. The number of piperidine rings is 1. The lowest BCUT2D eigenvalue weighted by atomic mass is 9.89. The maximum absolute atomic E-state index is 13.0. The van der Waals surface area contributed by atoms with Gasteiger partial charge in [-0.3, -0.25) is 9.59 Å². The van der Waals surface area contributed by atoms with Crippen LogP contribution in [0.1, 0.15) is 37.3 Å². The van der Waals surface area contributed by atoms with E-state index in [2.05, 4.69) is 11.9 Å². The summed E-state index contributed by atoms with van der Waals surface area (Å²) in [6.07, 6.45) is 3.68. The number of rotatable bonds is 5. The molecule has 1 heterocycles. The van der Waals surface area contributed by atoms with Crippen molar-refractivity contribution in [2.24, 2.45) is 5.92 Å². The van der Waals surface area contributed by atoms with E-state index in [1.807, 2.05) is 24.3 Å². The number of benzene rings is 1. The van der Waals surface area contributed by atoms with Gasteiger partial charge >= 0.3 is 5.97 Å². The summed E-state index contributed by atoms with van der Waals surface area (Å²) in [6.45, 7) is 6.57. The van der Waals surface area contributed by atoms with Crippen LogP contribution >= 0.6 is 0 Å². The van der Waals surface area contributed by atoms with Crippen LogP contribution in [-0.2, 0) is 31.1 Å². The average Bonchev–Trinajstić information content (AvgIpc) is 3.07. The van der Waals surface area contributed by atoms with Crippen LogP contribution in [0.5, 0.6) is 0 Å². The van der Waals surface area contributed by atoms with Crippen LogP contribution in [0.4, 0.5) is 0 Å². The number of fused-ring (bicyclic) bond motifs is 1. The van der Waals surface area contributed by atoms with Crippen LogP contribution in [0, 0.1) is 5.92 Å². The van der Waals surface area contributed by atoms with Crippen molar-refractivity contribution in [3.63, 3.8) is 0 Å². The van der Waals surface area contributed by atoms with E-state index in [9.17, 15) is 14.4 Å². The van der Waals surface area contributed by atoms with Crippen LogP contribution in [0.15, 0.2) is 36.9 Å². The molecule has 1 aliphatic heterocycles. The molecular formula is C21H26N2O4. The fourth-order valence-corrected chi connectivity index (χ4v) is 4.06. The lowest BCUT2D eigenvalue weighted by Gasteiger charge is -2.34. The molecule has 0 saturated carbocycles. The Morgan fingerprint density at radius 2 is 2.00 bits per heavy atom. The van der Waals surface area contributed by atoms with Crippen molar-refractivity contribution < 1.29 is 19.1 Å². The number of nitrogens with one attached hydrogen (secondary N) is 1. The minimum atomic E-state index is -1.11. The molecule has 144 valence electrons. The number of hydrogen-bond acceptors (Lipinski definition) is 4. The Balaban J connectivity index is 1.76. The number of amides is 2. The maximum atomic E-state index is 13.0. The van der Waals surface area contributed by atoms with Crippen LogP contribution in [0.2, 0.25) is 0 Å². The zero-order chi connectivity index (χ0) is 19.4. The molecule has 0 spiro atoms. The van der Waals surface area contributed by atoms with Crippen LogP contribution in [0.3, 0.4) is 0 Å². The highest BCUT2D eigenvalue weighted by molar-refractivity contribution is 5.91. The highest BCUT2D eigenvalue weighted by Gasteiger charge is 2.48. The second-order valence-electron chi connectivity index (χ2n) is 7.08. The fraction of sp³-hybridized carbons (Fsp3) is 0.476.